The quantitative estimate of drug-likeness (QED) is 0.259. The van der Waals surface area contributed by atoms with Crippen molar-refractivity contribution in [2.45, 2.75) is 25.2 Å². The van der Waals surface area contributed by atoms with Gasteiger partial charge in [0, 0.05) is 32.2 Å². The molecule has 1 aliphatic rings. The summed E-state index contributed by atoms with van der Waals surface area (Å²) < 4.78 is 41.9. The zero-order valence-electron chi connectivity index (χ0n) is 21.7. The summed E-state index contributed by atoms with van der Waals surface area (Å²) in [6.07, 6.45) is 9.34. The summed E-state index contributed by atoms with van der Waals surface area (Å²) in [5.74, 6) is -0.000547. The van der Waals surface area contributed by atoms with Crippen molar-refractivity contribution in [2.24, 2.45) is 7.05 Å². The van der Waals surface area contributed by atoms with Crippen LogP contribution in [0.5, 0.6) is 17.2 Å². The van der Waals surface area contributed by atoms with E-state index in [1.54, 1.807) is 42.6 Å². The summed E-state index contributed by atoms with van der Waals surface area (Å²) in [7, 11) is 1.63. The molecule has 1 aromatic carbocycles. The van der Waals surface area contributed by atoms with Gasteiger partial charge < -0.3 is 25.2 Å². The number of aryl methyl sites for hydroxylation is 1. The highest BCUT2D eigenvalue weighted by atomic mass is 19.3. The molecule has 0 unspecified atom stereocenters. The average molecular weight is 566 g/mol. The Balaban J connectivity index is 1.30. The van der Waals surface area contributed by atoms with Gasteiger partial charge in [0.15, 0.2) is 11.4 Å². The zero-order chi connectivity index (χ0) is 28.5. The largest absolute Gasteiger partial charge is 0.454 e. The molecule has 0 bridgehead atoms. The van der Waals surface area contributed by atoms with Crippen molar-refractivity contribution < 1.29 is 28.2 Å². The minimum absolute atomic E-state index is 0.161. The number of anilines is 1. The minimum Gasteiger partial charge on any atom is -0.454 e. The van der Waals surface area contributed by atoms with Gasteiger partial charge in [-0.05, 0) is 37.2 Å². The van der Waals surface area contributed by atoms with Crippen LogP contribution in [0.25, 0.3) is 16.9 Å². The van der Waals surface area contributed by atoms with Crippen molar-refractivity contribution in [1.29, 1.82) is 0 Å². The van der Waals surface area contributed by atoms with E-state index in [0.717, 1.165) is 6.54 Å². The summed E-state index contributed by atoms with van der Waals surface area (Å²) in [5, 5.41) is 29.2. The maximum atomic E-state index is 13.3. The molecule has 3 N–H and O–H groups in total. The van der Waals surface area contributed by atoms with Crippen molar-refractivity contribution in [3.05, 3.63) is 67.0 Å². The second-order valence-corrected chi connectivity index (χ2v) is 9.39. The number of rotatable bonds is 8. The van der Waals surface area contributed by atoms with E-state index in [2.05, 4.69) is 30.9 Å². The van der Waals surface area contributed by atoms with Crippen LogP contribution in [0.15, 0.2) is 61.4 Å². The number of carbonyl (C=O) groups excluding carboxylic acids is 1. The number of aliphatic hydroxyl groups excluding tert-OH is 1. The third-order valence-corrected chi connectivity index (χ3v) is 6.59. The number of hydrogen-bond donors (Lipinski definition) is 3. The molecule has 1 amide bonds. The van der Waals surface area contributed by atoms with E-state index in [-0.39, 0.29) is 34.3 Å². The molecule has 4 aromatic heterocycles. The molecule has 13 nitrogen and oxygen atoms in total. The van der Waals surface area contributed by atoms with E-state index in [0.29, 0.717) is 30.1 Å². The Kier molecular flexibility index (Phi) is 7.03. The number of aliphatic hydroxyl groups is 1. The van der Waals surface area contributed by atoms with Crippen LogP contribution in [0.2, 0.25) is 0 Å². The van der Waals surface area contributed by atoms with Crippen molar-refractivity contribution in [2.75, 3.05) is 18.4 Å². The van der Waals surface area contributed by atoms with E-state index in [4.69, 9.17) is 9.47 Å². The predicted octanol–water partition coefficient (Wildman–Crippen LogP) is 2.87. The SMILES string of the molecule is Cn1cc(NC(=O)c2cnn3cccnc23)c(-c2cc(Oc3cnn([C@H]4CNCC[C@@H]4O)c3)ccc2OC(F)F)n1. The standard InChI is InChI=1S/C26H25F2N9O4/c1-35-14-19(33-25(39)18-11-32-36-8-2-6-30-24(18)36)23(34-35)17-9-15(3-4-22(17)41-26(27)28)40-16-10-31-37(13-16)20-12-29-7-5-21(20)38/h2-4,6,8-11,13-14,20-21,26,29,38H,5,7,12H2,1H3,(H,33,39)/t20-,21-/m0/s1. The highest BCUT2D eigenvalue weighted by Crippen LogP contribution is 2.39. The number of amides is 1. The first kappa shape index (κ1) is 26.3. The molecule has 5 aromatic rings. The lowest BCUT2D eigenvalue weighted by Gasteiger charge is -2.28. The Morgan fingerprint density at radius 2 is 2.10 bits per heavy atom. The third kappa shape index (κ3) is 5.44. The van der Waals surface area contributed by atoms with Gasteiger partial charge >= 0.3 is 6.61 Å². The fourth-order valence-corrected chi connectivity index (χ4v) is 4.70. The number of benzene rings is 1. The number of piperidine rings is 1. The third-order valence-electron chi connectivity index (χ3n) is 6.59. The maximum absolute atomic E-state index is 13.3. The van der Waals surface area contributed by atoms with E-state index in [1.165, 1.54) is 39.8 Å². The fourth-order valence-electron chi connectivity index (χ4n) is 4.70. The number of halogens is 2. The second kappa shape index (κ2) is 10.9. The van der Waals surface area contributed by atoms with Gasteiger partial charge in [0.05, 0.1) is 42.0 Å². The first-order valence-corrected chi connectivity index (χ1v) is 12.7. The Morgan fingerprint density at radius 1 is 1.22 bits per heavy atom. The molecule has 2 atom stereocenters. The molecule has 6 rings (SSSR count). The van der Waals surface area contributed by atoms with Gasteiger partial charge in [0.1, 0.15) is 22.8 Å². The molecule has 1 saturated heterocycles. The number of aromatic nitrogens is 7. The van der Waals surface area contributed by atoms with E-state index >= 15 is 0 Å². The summed E-state index contributed by atoms with van der Waals surface area (Å²) in [5.41, 5.74) is 1.16. The molecular weight excluding hydrogens is 540 g/mol. The number of alkyl halides is 2. The van der Waals surface area contributed by atoms with E-state index < -0.39 is 18.6 Å². The number of nitrogens with one attached hydrogen (secondary N) is 2. The molecule has 5 heterocycles. The van der Waals surface area contributed by atoms with Gasteiger partial charge in [-0.3, -0.25) is 14.2 Å². The van der Waals surface area contributed by atoms with Gasteiger partial charge in [0.25, 0.3) is 5.91 Å². The number of carbonyl (C=O) groups is 1. The Morgan fingerprint density at radius 3 is 2.93 bits per heavy atom. The highest BCUT2D eigenvalue weighted by Gasteiger charge is 2.26. The Hall–Kier alpha value is -4.89. The van der Waals surface area contributed by atoms with Crippen molar-refractivity contribution in [3.8, 4) is 28.5 Å². The van der Waals surface area contributed by atoms with Crippen LogP contribution in [0, 0.1) is 0 Å². The first-order valence-electron chi connectivity index (χ1n) is 12.7. The van der Waals surface area contributed by atoms with Crippen LogP contribution in [-0.4, -0.2) is 71.0 Å². The summed E-state index contributed by atoms with van der Waals surface area (Å²) in [6, 6.07) is 5.73. The minimum atomic E-state index is -3.10. The Bertz CT molecular complexity index is 1700. The van der Waals surface area contributed by atoms with Crippen LogP contribution in [0.1, 0.15) is 22.8 Å². The van der Waals surface area contributed by atoms with Crippen LogP contribution < -0.4 is 20.1 Å². The molecule has 1 aliphatic heterocycles. The number of nitrogens with zero attached hydrogens (tertiary/aromatic N) is 7. The number of ether oxygens (including phenoxy) is 2. The van der Waals surface area contributed by atoms with Gasteiger partial charge in [-0.15, -0.1) is 0 Å². The van der Waals surface area contributed by atoms with Crippen LogP contribution in [0.3, 0.4) is 0 Å². The molecule has 15 heteroatoms. The van der Waals surface area contributed by atoms with Crippen LogP contribution in [0.4, 0.5) is 14.5 Å². The molecule has 0 aliphatic carbocycles. The molecule has 1 fully saturated rings. The predicted molar refractivity (Wildman–Crippen MR) is 141 cm³/mol. The number of fused-ring (bicyclic) bond motifs is 1. The van der Waals surface area contributed by atoms with Gasteiger partial charge in [0.2, 0.25) is 0 Å². The van der Waals surface area contributed by atoms with Gasteiger partial charge in [-0.1, -0.05) is 0 Å². The molecule has 0 spiro atoms. The first-order chi connectivity index (χ1) is 19.9. The maximum Gasteiger partial charge on any atom is 0.387 e. The lowest BCUT2D eigenvalue weighted by Crippen LogP contribution is -2.41. The molecular formula is C26H25F2N9O4. The number of hydrogen-bond acceptors (Lipinski definition) is 9. The van der Waals surface area contributed by atoms with Crippen molar-refractivity contribution in [1.82, 2.24) is 39.5 Å². The van der Waals surface area contributed by atoms with Gasteiger partial charge in [-0.2, -0.15) is 24.1 Å². The summed E-state index contributed by atoms with van der Waals surface area (Å²) >= 11 is 0. The van der Waals surface area contributed by atoms with Crippen molar-refractivity contribution >= 4 is 17.2 Å². The molecule has 41 heavy (non-hydrogen) atoms. The van der Waals surface area contributed by atoms with Crippen LogP contribution in [-0.2, 0) is 7.05 Å². The Labute approximate surface area is 231 Å². The molecule has 0 radical (unpaired) electrons. The monoisotopic (exact) mass is 565 g/mol. The zero-order valence-corrected chi connectivity index (χ0v) is 21.7. The lowest BCUT2D eigenvalue weighted by atomic mass is 10.0. The topological polar surface area (TPSA) is 146 Å². The normalized spacial score (nSPS) is 17.2. The fraction of sp³-hybridized carbons (Fsp3) is 0.269. The lowest BCUT2D eigenvalue weighted by molar-refractivity contribution is -0.0494. The molecule has 0 saturated carbocycles. The van der Waals surface area contributed by atoms with Crippen molar-refractivity contribution in [3.63, 3.8) is 0 Å². The average Bonchev–Trinajstić information content (AvgIpc) is 3.68. The second-order valence-electron chi connectivity index (χ2n) is 9.39. The smallest absolute Gasteiger partial charge is 0.387 e. The van der Waals surface area contributed by atoms with Gasteiger partial charge in [-0.25, -0.2) is 9.50 Å². The van der Waals surface area contributed by atoms with E-state index in [1.807, 2.05) is 0 Å². The summed E-state index contributed by atoms with van der Waals surface area (Å²) in [4.78, 5) is 17.4. The summed E-state index contributed by atoms with van der Waals surface area (Å²) in [6.45, 7) is -1.81. The molecule has 212 valence electrons. The highest BCUT2D eigenvalue weighted by molar-refractivity contribution is 6.09. The van der Waals surface area contributed by atoms with E-state index in [9.17, 15) is 18.7 Å². The van der Waals surface area contributed by atoms with Crippen LogP contribution >= 0.6 is 0 Å².